The van der Waals surface area contributed by atoms with Gasteiger partial charge in [-0.1, -0.05) is 30.3 Å². The molecular weight excluding hydrogens is 252 g/mol. The molecule has 2 N–H and O–H groups in total. The molecule has 102 valence electrons. The molecule has 0 saturated heterocycles. The van der Waals surface area contributed by atoms with Crippen molar-refractivity contribution in [2.45, 2.75) is 13.0 Å². The first-order valence-corrected chi connectivity index (χ1v) is 6.52. The Hall–Kier alpha value is -2.40. The zero-order valence-corrected chi connectivity index (χ0v) is 11.2. The number of aryl methyl sites for hydroxylation is 1. The molecule has 5 heteroatoms. The smallest absolute Gasteiger partial charge is 0.152 e. The fourth-order valence-electron chi connectivity index (χ4n) is 2.17. The van der Waals surface area contributed by atoms with E-state index >= 15 is 0 Å². The largest absolute Gasteiger partial charge is 0.387 e. The van der Waals surface area contributed by atoms with E-state index in [2.05, 4.69) is 15.4 Å². The summed E-state index contributed by atoms with van der Waals surface area (Å²) in [6, 6.07) is 11.5. The van der Waals surface area contributed by atoms with Gasteiger partial charge in [0.15, 0.2) is 5.82 Å². The quantitative estimate of drug-likeness (QED) is 0.761. The van der Waals surface area contributed by atoms with Crippen LogP contribution in [0.2, 0.25) is 0 Å². The van der Waals surface area contributed by atoms with Crippen LogP contribution in [0.15, 0.2) is 48.8 Å². The number of nitrogens with zero attached hydrogens (tertiary/aromatic N) is 3. The third kappa shape index (κ3) is 2.48. The summed E-state index contributed by atoms with van der Waals surface area (Å²) in [5, 5.41) is 17.7. The number of nitrogens with one attached hydrogen (secondary N) is 1. The van der Waals surface area contributed by atoms with Gasteiger partial charge in [-0.15, -0.1) is 0 Å². The minimum absolute atomic E-state index is 0.404. The predicted molar refractivity (Wildman–Crippen MR) is 77.6 cm³/mol. The minimum Gasteiger partial charge on any atom is -0.387 e. The molecule has 0 amide bonds. The van der Waals surface area contributed by atoms with Crippen molar-refractivity contribution < 1.29 is 5.11 Å². The van der Waals surface area contributed by atoms with Gasteiger partial charge in [0, 0.05) is 18.9 Å². The van der Waals surface area contributed by atoms with Gasteiger partial charge in [0.2, 0.25) is 0 Å². The molecule has 2 aromatic heterocycles. The third-order valence-electron chi connectivity index (χ3n) is 3.16. The number of anilines is 1. The summed E-state index contributed by atoms with van der Waals surface area (Å²) in [7, 11) is 0. The lowest BCUT2D eigenvalue weighted by atomic mass is 10.1. The second-order valence-electron chi connectivity index (χ2n) is 4.70. The Morgan fingerprint density at radius 1 is 1.30 bits per heavy atom. The van der Waals surface area contributed by atoms with E-state index in [1.165, 1.54) is 0 Å². The van der Waals surface area contributed by atoms with Crippen LogP contribution in [0.3, 0.4) is 0 Å². The average molecular weight is 268 g/mol. The summed E-state index contributed by atoms with van der Waals surface area (Å²) in [5.74, 6) is 0.725. The second-order valence-corrected chi connectivity index (χ2v) is 4.70. The topological polar surface area (TPSA) is 62.5 Å². The SMILES string of the molecule is Cc1cc2c(NCC(O)c3ccccc3)nccn2n1. The van der Waals surface area contributed by atoms with Crippen LogP contribution in [0.1, 0.15) is 17.4 Å². The van der Waals surface area contributed by atoms with Crippen LogP contribution in [0, 0.1) is 6.92 Å². The Bertz CT molecular complexity index is 708. The lowest BCUT2D eigenvalue weighted by molar-refractivity contribution is 0.191. The van der Waals surface area contributed by atoms with Crippen molar-refractivity contribution in [1.29, 1.82) is 0 Å². The predicted octanol–water partition coefficient (Wildman–Crippen LogP) is 2.18. The molecule has 0 bridgehead atoms. The van der Waals surface area contributed by atoms with Crippen molar-refractivity contribution in [1.82, 2.24) is 14.6 Å². The highest BCUT2D eigenvalue weighted by Crippen LogP contribution is 2.17. The molecule has 1 atom stereocenters. The number of aliphatic hydroxyl groups is 1. The number of aromatic nitrogens is 3. The standard InChI is InChI=1S/C15H16N4O/c1-11-9-13-15(16-7-8-19(13)18-11)17-10-14(20)12-5-3-2-4-6-12/h2-9,14,20H,10H2,1H3,(H,16,17). The molecule has 0 fully saturated rings. The second kappa shape index (κ2) is 5.30. The maximum absolute atomic E-state index is 10.1. The van der Waals surface area contributed by atoms with Crippen molar-refractivity contribution in [2.75, 3.05) is 11.9 Å². The van der Waals surface area contributed by atoms with Crippen LogP contribution < -0.4 is 5.32 Å². The fourth-order valence-corrected chi connectivity index (χ4v) is 2.17. The Morgan fingerprint density at radius 3 is 2.90 bits per heavy atom. The van der Waals surface area contributed by atoms with Gasteiger partial charge in [-0.2, -0.15) is 5.10 Å². The molecule has 2 heterocycles. The molecule has 0 saturated carbocycles. The lowest BCUT2D eigenvalue weighted by Crippen LogP contribution is -2.13. The summed E-state index contributed by atoms with van der Waals surface area (Å²) in [6.07, 6.45) is 2.93. The van der Waals surface area contributed by atoms with Crippen LogP contribution in [0.25, 0.3) is 5.52 Å². The van der Waals surface area contributed by atoms with Crippen molar-refractivity contribution in [3.63, 3.8) is 0 Å². The molecule has 0 spiro atoms. The van der Waals surface area contributed by atoms with Gasteiger partial charge < -0.3 is 10.4 Å². The number of hydrogen-bond acceptors (Lipinski definition) is 4. The molecule has 3 rings (SSSR count). The molecule has 0 radical (unpaired) electrons. The van der Waals surface area contributed by atoms with Gasteiger partial charge in [0.05, 0.1) is 11.8 Å². The fraction of sp³-hybridized carbons (Fsp3) is 0.200. The highest BCUT2D eigenvalue weighted by Gasteiger charge is 2.09. The van der Waals surface area contributed by atoms with Crippen molar-refractivity contribution in [3.05, 3.63) is 60.0 Å². The summed E-state index contributed by atoms with van der Waals surface area (Å²) < 4.78 is 1.78. The third-order valence-corrected chi connectivity index (χ3v) is 3.16. The number of aliphatic hydroxyl groups excluding tert-OH is 1. The number of hydrogen-bond donors (Lipinski definition) is 2. The average Bonchev–Trinajstić information content (AvgIpc) is 2.86. The Morgan fingerprint density at radius 2 is 2.10 bits per heavy atom. The van der Waals surface area contributed by atoms with Gasteiger partial charge in [-0.3, -0.25) is 0 Å². The summed E-state index contributed by atoms with van der Waals surface area (Å²) >= 11 is 0. The molecule has 20 heavy (non-hydrogen) atoms. The van der Waals surface area contributed by atoms with E-state index in [0.717, 1.165) is 22.6 Å². The molecule has 0 aliphatic rings. The lowest BCUT2D eigenvalue weighted by Gasteiger charge is -2.13. The Kier molecular flexibility index (Phi) is 3.35. The number of rotatable bonds is 4. The van der Waals surface area contributed by atoms with Crippen LogP contribution in [0.4, 0.5) is 5.82 Å². The maximum Gasteiger partial charge on any atom is 0.152 e. The van der Waals surface area contributed by atoms with E-state index in [4.69, 9.17) is 0 Å². The molecule has 1 unspecified atom stereocenters. The summed E-state index contributed by atoms with van der Waals surface area (Å²) in [6.45, 7) is 2.34. The zero-order valence-electron chi connectivity index (χ0n) is 11.2. The number of fused-ring (bicyclic) bond motifs is 1. The van der Waals surface area contributed by atoms with E-state index in [1.807, 2.05) is 43.3 Å². The summed E-state index contributed by atoms with van der Waals surface area (Å²) in [5.41, 5.74) is 2.73. The van der Waals surface area contributed by atoms with E-state index in [0.29, 0.717) is 6.54 Å². The normalized spacial score (nSPS) is 12.5. The van der Waals surface area contributed by atoms with Crippen molar-refractivity contribution in [2.24, 2.45) is 0 Å². The maximum atomic E-state index is 10.1. The molecule has 5 nitrogen and oxygen atoms in total. The van der Waals surface area contributed by atoms with E-state index in [-0.39, 0.29) is 0 Å². The van der Waals surface area contributed by atoms with Crippen LogP contribution in [0.5, 0.6) is 0 Å². The minimum atomic E-state index is -0.567. The first kappa shape index (κ1) is 12.6. The highest BCUT2D eigenvalue weighted by molar-refractivity contribution is 5.67. The zero-order chi connectivity index (χ0) is 13.9. The Balaban J connectivity index is 1.77. The van der Waals surface area contributed by atoms with Crippen LogP contribution in [-0.2, 0) is 0 Å². The van der Waals surface area contributed by atoms with Gasteiger partial charge in [0.25, 0.3) is 0 Å². The van der Waals surface area contributed by atoms with E-state index < -0.39 is 6.10 Å². The molecule has 1 aromatic carbocycles. The van der Waals surface area contributed by atoms with Gasteiger partial charge in [0.1, 0.15) is 5.52 Å². The first-order chi connectivity index (χ1) is 9.74. The highest BCUT2D eigenvalue weighted by atomic mass is 16.3. The molecule has 3 aromatic rings. The molecular formula is C15H16N4O. The van der Waals surface area contributed by atoms with E-state index in [1.54, 1.807) is 16.9 Å². The first-order valence-electron chi connectivity index (χ1n) is 6.52. The van der Waals surface area contributed by atoms with Crippen molar-refractivity contribution in [3.8, 4) is 0 Å². The molecule has 0 aliphatic carbocycles. The van der Waals surface area contributed by atoms with Crippen LogP contribution >= 0.6 is 0 Å². The Labute approximate surface area is 116 Å². The monoisotopic (exact) mass is 268 g/mol. The van der Waals surface area contributed by atoms with Gasteiger partial charge in [-0.25, -0.2) is 9.50 Å². The van der Waals surface area contributed by atoms with Crippen molar-refractivity contribution >= 4 is 11.3 Å². The summed E-state index contributed by atoms with van der Waals surface area (Å²) in [4.78, 5) is 4.30. The number of benzene rings is 1. The van der Waals surface area contributed by atoms with Crippen LogP contribution in [-0.4, -0.2) is 26.2 Å². The molecule has 0 aliphatic heterocycles. The van der Waals surface area contributed by atoms with Gasteiger partial charge in [-0.05, 0) is 18.6 Å². The van der Waals surface area contributed by atoms with Gasteiger partial charge >= 0.3 is 0 Å². The van der Waals surface area contributed by atoms with E-state index in [9.17, 15) is 5.11 Å².